The zero-order chi connectivity index (χ0) is 25.4. The Morgan fingerprint density at radius 2 is 1.83 bits per heavy atom. The van der Waals surface area contributed by atoms with Gasteiger partial charge in [-0.3, -0.25) is 14.5 Å². The molecule has 3 fully saturated rings. The fourth-order valence-corrected chi connectivity index (χ4v) is 6.11. The number of carboxylic acid groups (broad SMARTS) is 1. The average Bonchev–Trinajstić information content (AvgIpc) is 3.01. The maximum Gasteiger partial charge on any atom is 0.323 e. The molecule has 1 aromatic rings. The Hall–Kier alpha value is -2.68. The van der Waals surface area contributed by atoms with E-state index in [1.165, 1.54) is 19.5 Å². The summed E-state index contributed by atoms with van der Waals surface area (Å²) >= 11 is 0. The van der Waals surface area contributed by atoms with E-state index >= 15 is 0 Å². The van der Waals surface area contributed by atoms with Crippen LogP contribution in [0.15, 0.2) is 24.3 Å². The fourth-order valence-electron chi connectivity index (χ4n) is 6.11. The zero-order valence-corrected chi connectivity index (χ0v) is 21.0. The lowest BCUT2D eigenvalue weighted by atomic mass is 9.68. The van der Waals surface area contributed by atoms with Gasteiger partial charge in [-0.25, -0.2) is 9.18 Å². The molecule has 9 heteroatoms. The molecule has 0 radical (unpaired) electrons. The number of benzene rings is 1. The van der Waals surface area contributed by atoms with Crippen molar-refractivity contribution in [2.45, 2.75) is 56.0 Å². The van der Waals surface area contributed by atoms with Gasteiger partial charge in [-0.05, 0) is 76.2 Å². The number of hydrogen-bond donors (Lipinski definition) is 1. The van der Waals surface area contributed by atoms with Gasteiger partial charge < -0.3 is 19.8 Å². The Labute approximate surface area is 206 Å². The molecule has 2 aliphatic carbocycles. The van der Waals surface area contributed by atoms with E-state index in [0.717, 1.165) is 49.0 Å². The van der Waals surface area contributed by atoms with Crippen LogP contribution >= 0.6 is 0 Å². The third-order valence-corrected chi connectivity index (χ3v) is 8.57. The van der Waals surface area contributed by atoms with Gasteiger partial charge in [0, 0.05) is 25.7 Å². The summed E-state index contributed by atoms with van der Waals surface area (Å²) in [5.74, 6) is -1.22. The topological polar surface area (TPSA) is 84.4 Å². The van der Waals surface area contributed by atoms with Crippen LogP contribution < -0.4 is 0 Å². The minimum atomic E-state index is -1.08. The van der Waals surface area contributed by atoms with Crippen LogP contribution in [0.25, 0.3) is 0 Å². The molecule has 35 heavy (non-hydrogen) atoms. The van der Waals surface area contributed by atoms with E-state index in [4.69, 9.17) is 5.11 Å². The van der Waals surface area contributed by atoms with Gasteiger partial charge in [0.1, 0.15) is 18.9 Å². The molecule has 1 aromatic carbocycles. The van der Waals surface area contributed by atoms with Crippen molar-refractivity contribution < 1.29 is 23.9 Å². The first kappa shape index (κ1) is 25.4. The van der Waals surface area contributed by atoms with Crippen LogP contribution in [-0.4, -0.2) is 95.5 Å². The summed E-state index contributed by atoms with van der Waals surface area (Å²) in [4.78, 5) is 44.2. The first-order chi connectivity index (χ1) is 16.6. The van der Waals surface area contributed by atoms with Gasteiger partial charge in [-0.2, -0.15) is 0 Å². The highest BCUT2D eigenvalue weighted by molar-refractivity contribution is 5.87. The number of amides is 3. The number of urea groups is 1. The summed E-state index contributed by atoms with van der Waals surface area (Å²) in [7, 11) is 5.50. The molecule has 1 spiro atoms. The number of carboxylic acids is 1. The maximum absolute atomic E-state index is 14.1. The Bertz CT molecular complexity index is 972. The number of aliphatic carboxylic acids is 1. The molecule has 1 saturated heterocycles. The van der Waals surface area contributed by atoms with Crippen molar-refractivity contribution in [3.8, 4) is 0 Å². The minimum absolute atomic E-state index is 0.117. The average molecular weight is 489 g/mol. The highest BCUT2D eigenvalue weighted by atomic mass is 19.1. The molecule has 4 rings (SSSR count). The smallest absolute Gasteiger partial charge is 0.323 e. The van der Waals surface area contributed by atoms with Gasteiger partial charge in [0.15, 0.2) is 0 Å². The lowest BCUT2D eigenvalue weighted by molar-refractivity contribution is -0.143. The third-order valence-electron chi connectivity index (χ3n) is 8.57. The first-order valence-electron chi connectivity index (χ1n) is 12.5. The molecule has 1 N–H and O–H groups in total. The van der Waals surface area contributed by atoms with Gasteiger partial charge in [-0.1, -0.05) is 18.6 Å². The minimum Gasteiger partial charge on any atom is -0.480 e. The number of hydrogen-bond acceptors (Lipinski definition) is 4. The quantitative estimate of drug-likeness (QED) is 0.608. The van der Waals surface area contributed by atoms with Crippen LogP contribution in [0.4, 0.5) is 9.18 Å². The molecule has 3 amide bonds. The predicted molar refractivity (Wildman–Crippen MR) is 129 cm³/mol. The standard InChI is InChI=1S/C26H37FN4O4/c1-28(2)26(20-8-5-9-21(27)14-20)12-10-25(11-13-26)18-30(16-22(32)29(3)17-23(33)34)24(35)31(25)15-19-6-4-7-19/h5,8-9,14,19H,4,6-7,10-13,15-18H2,1-3H3,(H,33,34). The summed E-state index contributed by atoms with van der Waals surface area (Å²) in [5.41, 5.74) is 0.267. The van der Waals surface area contributed by atoms with Crippen molar-refractivity contribution in [2.75, 3.05) is 47.3 Å². The van der Waals surface area contributed by atoms with Crippen molar-refractivity contribution >= 4 is 17.9 Å². The number of rotatable bonds is 8. The SMILES string of the molecule is CN(CC(=O)O)C(=O)CN1CC2(CCC(c3cccc(F)c3)(N(C)C)CC2)N(CC2CCC2)C1=O. The van der Waals surface area contributed by atoms with Crippen LogP contribution in [0.1, 0.15) is 50.5 Å². The van der Waals surface area contributed by atoms with Crippen molar-refractivity contribution in [1.82, 2.24) is 19.6 Å². The maximum atomic E-state index is 14.1. The largest absolute Gasteiger partial charge is 0.480 e. The second-order valence-electron chi connectivity index (χ2n) is 10.9. The predicted octanol–water partition coefficient (Wildman–Crippen LogP) is 2.98. The Kier molecular flexibility index (Phi) is 7.09. The number of nitrogens with zero attached hydrogens (tertiary/aromatic N) is 4. The van der Waals surface area contributed by atoms with Crippen LogP contribution in [0, 0.1) is 11.7 Å². The number of likely N-dealkylation sites (N-methyl/N-ethyl adjacent to an activating group) is 1. The fraction of sp³-hybridized carbons (Fsp3) is 0.654. The van der Waals surface area contributed by atoms with E-state index in [1.807, 2.05) is 25.1 Å². The molecule has 8 nitrogen and oxygen atoms in total. The number of carbonyl (C=O) groups is 3. The summed E-state index contributed by atoms with van der Waals surface area (Å²) in [5, 5.41) is 9.01. The monoisotopic (exact) mass is 488 g/mol. The molecule has 2 saturated carbocycles. The van der Waals surface area contributed by atoms with E-state index in [1.54, 1.807) is 17.0 Å². The van der Waals surface area contributed by atoms with Crippen molar-refractivity contribution in [3.63, 3.8) is 0 Å². The van der Waals surface area contributed by atoms with E-state index in [2.05, 4.69) is 4.90 Å². The van der Waals surface area contributed by atoms with Gasteiger partial charge in [0.25, 0.3) is 0 Å². The van der Waals surface area contributed by atoms with Gasteiger partial charge in [0.2, 0.25) is 5.91 Å². The summed E-state index contributed by atoms with van der Waals surface area (Å²) in [6.07, 6.45) is 6.49. The second-order valence-corrected chi connectivity index (χ2v) is 10.9. The molecule has 1 aliphatic heterocycles. The van der Waals surface area contributed by atoms with Crippen LogP contribution in [0.2, 0.25) is 0 Å². The van der Waals surface area contributed by atoms with Crippen LogP contribution in [0.5, 0.6) is 0 Å². The molecule has 0 atom stereocenters. The van der Waals surface area contributed by atoms with E-state index in [-0.39, 0.29) is 35.4 Å². The molecular weight excluding hydrogens is 451 g/mol. The Balaban J connectivity index is 1.56. The van der Waals surface area contributed by atoms with Crippen molar-refractivity contribution in [2.24, 2.45) is 5.92 Å². The second kappa shape index (κ2) is 9.76. The Morgan fingerprint density at radius 3 is 2.37 bits per heavy atom. The summed E-state index contributed by atoms with van der Waals surface area (Å²) < 4.78 is 14.1. The molecular formula is C26H37FN4O4. The number of halogens is 1. The highest BCUT2D eigenvalue weighted by Crippen LogP contribution is 2.49. The van der Waals surface area contributed by atoms with E-state index in [0.29, 0.717) is 19.0 Å². The first-order valence-corrected chi connectivity index (χ1v) is 12.5. The molecule has 0 unspecified atom stereocenters. The van der Waals surface area contributed by atoms with Crippen LogP contribution in [0.3, 0.4) is 0 Å². The van der Waals surface area contributed by atoms with Crippen molar-refractivity contribution in [3.05, 3.63) is 35.6 Å². The van der Waals surface area contributed by atoms with Gasteiger partial charge >= 0.3 is 12.0 Å². The third kappa shape index (κ3) is 4.87. The molecule has 0 bridgehead atoms. The summed E-state index contributed by atoms with van der Waals surface area (Å²) in [6, 6.07) is 6.69. The van der Waals surface area contributed by atoms with E-state index < -0.39 is 12.5 Å². The zero-order valence-electron chi connectivity index (χ0n) is 21.0. The van der Waals surface area contributed by atoms with Gasteiger partial charge in [-0.15, -0.1) is 0 Å². The molecule has 0 aromatic heterocycles. The molecule has 1 heterocycles. The lowest BCUT2D eigenvalue weighted by Gasteiger charge is -2.51. The summed E-state index contributed by atoms with van der Waals surface area (Å²) in [6.45, 7) is 0.645. The molecule has 192 valence electrons. The van der Waals surface area contributed by atoms with E-state index in [9.17, 15) is 18.8 Å². The highest BCUT2D eigenvalue weighted by Gasteiger charge is 2.55. The normalized spacial score (nSPS) is 26.9. The van der Waals surface area contributed by atoms with Gasteiger partial charge in [0.05, 0.1) is 5.54 Å². The lowest BCUT2D eigenvalue weighted by Crippen LogP contribution is -2.56. The number of carbonyl (C=O) groups excluding carboxylic acids is 2. The Morgan fingerprint density at radius 1 is 1.14 bits per heavy atom. The van der Waals surface area contributed by atoms with Crippen LogP contribution in [-0.2, 0) is 15.1 Å². The van der Waals surface area contributed by atoms with Crippen molar-refractivity contribution in [1.29, 1.82) is 0 Å². The molecule has 3 aliphatic rings.